The summed E-state index contributed by atoms with van der Waals surface area (Å²) in [5.74, 6) is 0.140. The summed E-state index contributed by atoms with van der Waals surface area (Å²) >= 11 is 0. The molecule has 0 saturated heterocycles. The second-order valence-corrected chi connectivity index (χ2v) is 4.81. The Bertz CT molecular complexity index is 406. The van der Waals surface area contributed by atoms with Gasteiger partial charge in [-0.15, -0.1) is 0 Å². The summed E-state index contributed by atoms with van der Waals surface area (Å²) in [4.78, 5) is 15.9. The third kappa shape index (κ3) is 4.91. The molecule has 0 heterocycles. The summed E-state index contributed by atoms with van der Waals surface area (Å²) in [6.07, 6.45) is 0.886. The second-order valence-electron chi connectivity index (χ2n) is 4.81. The van der Waals surface area contributed by atoms with E-state index in [2.05, 4.69) is 24.0 Å². The maximum atomic E-state index is 12.1. The number of aryl methyl sites for hydroxylation is 1. The first-order valence-electron chi connectivity index (χ1n) is 6.84. The lowest BCUT2D eigenvalue weighted by Crippen LogP contribution is -2.39. The van der Waals surface area contributed by atoms with Crippen molar-refractivity contribution < 1.29 is 4.79 Å². The first kappa shape index (κ1) is 15.5. The second kappa shape index (κ2) is 7.79. The predicted octanol–water partition coefficient (Wildman–Crippen LogP) is 1.63. The van der Waals surface area contributed by atoms with E-state index in [1.807, 2.05) is 26.1 Å². The van der Waals surface area contributed by atoms with Crippen molar-refractivity contribution in [2.24, 2.45) is 5.73 Å². The van der Waals surface area contributed by atoms with E-state index in [1.54, 1.807) is 4.90 Å². The molecule has 0 radical (unpaired) electrons. The lowest BCUT2D eigenvalue weighted by atomic mass is 10.2. The zero-order valence-corrected chi connectivity index (χ0v) is 12.2. The number of benzene rings is 1. The third-order valence-corrected chi connectivity index (χ3v) is 3.23. The van der Waals surface area contributed by atoms with Crippen molar-refractivity contribution in [1.29, 1.82) is 0 Å². The zero-order chi connectivity index (χ0) is 14.3. The molecule has 4 heteroatoms. The molecule has 2 N–H and O–H groups in total. The van der Waals surface area contributed by atoms with Crippen LogP contribution in [-0.2, 0) is 4.79 Å². The molecule has 0 bridgehead atoms. The highest BCUT2D eigenvalue weighted by Crippen LogP contribution is 2.16. The van der Waals surface area contributed by atoms with Gasteiger partial charge in [-0.05, 0) is 44.5 Å². The van der Waals surface area contributed by atoms with Crippen LogP contribution in [0.1, 0.15) is 18.9 Å². The minimum atomic E-state index is 0.140. The fraction of sp³-hybridized carbons (Fsp3) is 0.533. The number of likely N-dealkylation sites (N-methyl/N-ethyl adjacent to an activating group) is 1. The van der Waals surface area contributed by atoms with Gasteiger partial charge in [0.05, 0.1) is 6.54 Å². The summed E-state index contributed by atoms with van der Waals surface area (Å²) in [5.41, 5.74) is 7.87. The molecule has 0 aliphatic carbocycles. The quantitative estimate of drug-likeness (QED) is 0.813. The third-order valence-electron chi connectivity index (χ3n) is 3.23. The molecular weight excluding hydrogens is 238 g/mol. The van der Waals surface area contributed by atoms with Crippen molar-refractivity contribution in [2.75, 3.05) is 38.1 Å². The molecule has 1 amide bonds. The SMILES string of the molecule is CCN(C)C(=O)CN(CCCN)c1cccc(C)c1. The highest BCUT2D eigenvalue weighted by atomic mass is 16.2. The molecule has 19 heavy (non-hydrogen) atoms. The lowest BCUT2D eigenvalue weighted by Gasteiger charge is -2.26. The van der Waals surface area contributed by atoms with Gasteiger partial charge in [0.25, 0.3) is 0 Å². The largest absolute Gasteiger partial charge is 0.362 e. The van der Waals surface area contributed by atoms with Gasteiger partial charge in [0.2, 0.25) is 5.91 Å². The molecule has 0 aliphatic heterocycles. The van der Waals surface area contributed by atoms with Gasteiger partial charge in [-0.25, -0.2) is 0 Å². The number of carbonyl (C=O) groups is 1. The first-order valence-corrected chi connectivity index (χ1v) is 6.84. The van der Waals surface area contributed by atoms with Crippen molar-refractivity contribution >= 4 is 11.6 Å². The molecule has 0 aromatic heterocycles. The number of carbonyl (C=O) groups excluding carboxylic acids is 1. The van der Waals surface area contributed by atoms with Gasteiger partial charge in [0.1, 0.15) is 0 Å². The lowest BCUT2D eigenvalue weighted by molar-refractivity contribution is -0.128. The molecule has 0 spiro atoms. The molecule has 1 aromatic rings. The molecule has 0 atom stereocenters. The van der Waals surface area contributed by atoms with Crippen LogP contribution in [0.3, 0.4) is 0 Å². The van der Waals surface area contributed by atoms with Gasteiger partial charge >= 0.3 is 0 Å². The van der Waals surface area contributed by atoms with E-state index in [1.165, 1.54) is 5.56 Å². The molecular formula is C15H25N3O. The number of rotatable bonds is 7. The Morgan fingerprint density at radius 1 is 1.37 bits per heavy atom. The number of hydrogen-bond donors (Lipinski definition) is 1. The van der Waals surface area contributed by atoms with Gasteiger partial charge in [-0.2, -0.15) is 0 Å². The van der Waals surface area contributed by atoms with Crippen LogP contribution in [0.15, 0.2) is 24.3 Å². The van der Waals surface area contributed by atoms with Crippen LogP contribution in [-0.4, -0.2) is 44.0 Å². The highest BCUT2D eigenvalue weighted by Gasteiger charge is 2.13. The minimum absolute atomic E-state index is 0.140. The topological polar surface area (TPSA) is 49.6 Å². The van der Waals surface area contributed by atoms with Crippen molar-refractivity contribution in [2.45, 2.75) is 20.3 Å². The van der Waals surface area contributed by atoms with Gasteiger partial charge in [0.15, 0.2) is 0 Å². The standard InChI is InChI=1S/C15H25N3O/c1-4-17(3)15(19)12-18(10-6-9-16)14-8-5-7-13(2)11-14/h5,7-8,11H,4,6,9-10,12,16H2,1-3H3. The Kier molecular flexibility index (Phi) is 6.36. The smallest absolute Gasteiger partial charge is 0.241 e. The molecule has 0 aliphatic rings. The molecule has 106 valence electrons. The molecule has 4 nitrogen and oxygen atoms in total. The van der Waals surface area contributed by atoms with Gasteiger partial charge in [-0.3, -0.25) is 4.79 Å². The van der Waals surface area contributed by atoms with Gasteiger partial charge < -0.3 is 15.5 Å². The number of anilines is 1. The maximum absolute atomic E-state index is 12.1. The monoisotopic (exact) mass is 263 g/mol. The Balaban J connectivity index is 2.79. The summed E-state index contributed by atoms with van der Waals surface area (Å²) in [6.45, 7) is 6.63. The Morgan fingerprint density at radius 3 is 2.68 bits per heavy atom. The Labute approximate surface area is 116 Å². The van der Waals surface area contributed by atoms with Gasteiger partial charge in [0, 0.05) is 25.8 Å². The first-order chi connectivity index (χ1) is 9.08. The van der Waals surface area contributed by atoms with E-state index in [9.17, 15) is 4.79 Å². The molecule has 1 rings (SSSR count). The van der Waals surface area contributed by atoms with Crippen LogP contribution in [0.5, 0.6) is 0 Å². The highest BCUT2D eigenvalue weighted by molar-refractivity contribution is 5.81. The summed E-state index contributed by atoms with van der Waals surface area (Å²) < 4.78 is 0. The number of nitrogens with two attached hydrogens (primary N) is 1. The fourth-order valence-electron chi connectivity index (χ4n) is 1.87. The van der Waals surface area contributed by atoms with E-state index < -0.39 is 0 Å². The Morgan fingerprint density at radius 2 is 2.11 bits per heavy atom. The molecule has 0 unspecified atom stereocenters. The van der Waals surface area contributed by atoms with Crippen LogP contribution >= 0.6 is 0 Å². The number of nitrogens with zero attached hydrogens (tertiary/aromatic N) is 2. The minimum Gasteiger partial charge on any atom is -0.362 e. The average Bonchev–Trinajstić information content (AvgIpc) is 2.42. The normalized spacial score (nSPS) is 10.3. The predicted molar refractivity (Wildman–Crippen MR) is 80.4 cm³/mol. The van der Waals surface area contributed by atoms with Crippen LogP contribution in [0.2, 0.25) is 0 Å². The summed E-state index contributed by atoms with van der Waals surface area (Å²) in [5, 5.41) is 0. The van der Waals surface area contributed by atoms with Crippen LogP contribution < -0.4 is 10.6 Å². The Hall–Kier alpha value is -1.55. The van der Waals surface area contributed by atoms with Crippen molar-refractivity contribution in [3.8, 4) is 0 Å². The van der Waals surface area contributed by atoms with E-state index in [4.69, 9.17) is 5.73 Å². The van der Waals surface area contributed by atoms with Gasteiger partial charge in [-0.1, -0.05) is 12.1 Å². The van der Waals surface area contributed by atoms with Crippen molar-refractivity contribution in [3.63, 3.8) is 0 Å². The number of hydrogen-bond acceptors (Lipinski definition) is 3. The average molecular weight is 263 g/mol. The van der Waals surface area contributed by atoms with Crippen LogP contribution in [0.4, 0.5) is 5.69 Å². The van der Waals surface area contributed by atoms with E-state index in [0.29, 0.717) is 13.1 Å². The zero-order valence-electron chi connectivity index (χ0n) is 12.2. The maximum Gasteiger partial charge on any atom is 0.241 e. The van der Waals surface area contributed by atoms with E-state index in [-0.39, 0.29) is 5.91 Å². The summed E-state index contributed by atoms with van der Waals surface area (Å²) in [6, 6.07) is 8.23. The van der Waals surface area contributed by atoms with Crippen molar-refractivity contribution in [3.05, 3.63) is 29.8 Å². The number of amides is 1. The summed E-state index contributed by atoms with van der Waals surface area (Å²) in [7, 11) is 1.83. The van der Waals surface area contributed by atoms with E-state index >= 15 is 0 Å². The molecule has 1 aromatic carbocycles. The van der Waals surface area contributed by atoms with Crippen LogP contribution in [0.25, 0.3) is 0 Å². The molecule has 0 saturated carbocycles. The fourth-order valence-corrected chi connectivity index (χ4v) is 1.87. The van der Waals surface area contributed by atoms with Crippen LogP contribution in [0, 0.1) is 6.92 Å². The van der Waals surface area contributed by atoms with E-state index in [0.717, 1.165) is 25.2 Å². The van der Waals surface area contributed by atoms with Crippen molar-refractivity contribution in [1.82, 2.24) is 4.90 Å². The molecule has 0 fully saturated rings.